The first kappa shape index (κ1) is 25.7. The summed E-state index contributed by atoms with van der Waals surface area (Å²) in [7, 11) is 1.62. The number of hydrogen-bond donors (Lipinski definition) is 2. The molecule has 0 bridgehead atoms. The van der Waals surface area contributed by atoms with Gasteiger partial charge in [-0.25, -0.2) is 19.6 Å². The van der Waals surface area contributed by atoms with Crippen LogP contribution in [0.3, 0.4) is 0 Å². The Morgan fingerprint density at radius 1 is 1.08 bits per heavy atom. The van der Waals surface area contributed by atoms with Crippen LogP contribution in [0.5, 0.6) is 11.8 Å². The third-order valence-corrected chi connectivity index (χ3v) is 7.82. The van der Waals surface area contributed by atoms with Gasteiger partial charge in [0.15, 0.2) is 5.65 Å². The summed E-state index contributed by atoms with van der Waals surface area (Å²) in [5, 5.41) is 17.2. The highest BCUT2D eigenvalue weighted by molar-refractivity contribution is 8.00. The fraction of sp³-hybridized carbons (Fsp3) is 0.480. The summed E-state index contributed by atoms with van der Waals surface area (Å²) in [5.41, 5.74) is 2.26. The molecule has 3 aromatic rings. The minimum atomic E-state index is -1.52. The molecule has 2 aromatic heterocycles. The van der Waals surface area contributed by atoms with Gasteiger partial charge in [-0.3, -0.25) is 0 Å². The quantitative estimate of drug-likeness (QED) is 0.447. The second-order valence-electron chi connectivity index (χ2n) is 11.0. The van der Waals surface area contributed by atoms with Crippen molar-refractivity contribution in [1.29, 1.82) is 0 Å². The first-order valence-electron chi connectivity index (χ1n) is 11.6. The van der Waals surface area contributed by atoms with E-state index in [4.69, 9.17) is 19.7 Å². The smallest absolute Gasteiger partial charge is 0.424 e. The van der Waals surface area contributed by atoms with Gasteiger partial charge >= 0.3 is 18.2 Å². The Labute approximate surface area is 213 Å². The molecule has 0 radical (unpaired) electrons. The maximum Gasteiger partial charge on any atom is 0.424 e. The minimum absolute atomic E-state index is 0.0843. The topological polar surface area (TPSA) is 128 Å². The summed E-state index contributed by atoms with van der Waals surface area (Å²) in [6.07, 6.45) is -2.69. The highest BCUT2D eigenvalue weighted by Gasteiger charge is 2.47. The van der Waals surface area contributed by atoms with E-state index >= 15 is 0 Å². The van der Waals surface area contributed by atoms with Crippen LogP contribution in [0.4, 0.5) is 9.59 Å². The van der Waals surface area contributed by atoms with Crippen LogP contribution in [0.15, 0.2) is 29.3 Å². The molecule has 0 fully saturated rings. The number of carbonyl (C=O) groups excluding carboxylic acids is 1. The first-order valence-corrected chi connectivity index (χ1v) is 12.5. The monoisotopic (exact) mass is 513 g/mol. The maximum absolute atomic E-state index is 12.0. The molecule has 1 aromatic carbocycles. The third-order valence-electron chi connectivity index (χ3n) is 6.07. The van der Waals surface area contributed by atoms with Crippen molar-refractivity contribution in [3.05, 3.63) is 35.5 Å². The van der Waals surface area contributed by atoms with Gasteiger partial charge in [-0.2, -0.15) is 15.1 Å². The van der Waals surface area contributed by atoms with Crippen molar-refractivity contribution in [2.75, 3.05) is 7.11 Å². The summed E-state index contributed by atoms with van der Waals surface area (Å²) in [6.45, 7) is 13.6. The van der Waals surface area contributed by atoms with E-state index in [2.05, 4.69) is 51.5 Å². The molecule has 1 aliphatic rings. The second-order valence-corrected chi connectivity index (χ2v) is 12.1. The molecule has 0 spiro atoms. The lowest BCUT2D eigenvalue weighted by molar-refractivity contribution is 0.175. The molecule has 11 heteroatoms. The number of imide groups is 1. The van der Waals surface area contributed by atoms with Gasteiger partial charge < -0.3 is 14.6 Å². The van der Waals surface area contributed by atoms with Gasteiger partial charge in [-0.1, -0.05) is 53.7 Å². The number of nitrogens with one attached hydrogen (secondary N) is 1. The van der Waals surface area contributed by atoms with Crippen LogP contribution in [0.2, 0.25) is 0 Å². The molecule has 2 N–H and O–H groups in total. The molecule has 2 unspecified atom stereocenters. The van der Waals surface area contributed by atoms with E-state index in [9.17, 15) is 9.59 Å². The fourth-order valence-electron chi connectivity index (χ4n) is 4.48. The summed E-state index contributed by atoms with van der Waals surface area (Å²) in [4.78, 5) is 31.8. The van der Waals surface area contributed by atoms with Crippen molar-refractivity contribution in [2.45, 2.75) is 64.3 Å². The molecule has 4 rings (SSSR count). The Bertz CT molecular complexity index is 1310. The van der Waals surface area contributed by atoms with E-state index in [0.717, 1.165) is 22.4 Å². The van der Waals surface area contributed by atoms with Crippen LogP contribution in [-0.4, -0.2) is 49.4 Å². The molecule has 10 nitrogen and oxygen atoms in total. The lowest BCUT2D eigenvalue weighted by Crippen LogP contribution is -2.39. The largest absolute Gasteiger partial charge is 0.497 e. The van der Waals surface area contributed by atoms with Gasteiger partial charge in [-0.05, 0) is 28.5 Å². The van der Waals surface area contributed by atoms with Gasteiger partial charge in [0.25, 0.3) is 0 Å². The molecular formula is C25H31N5O5S. The lowest BCUT2D eigenvalue weighted by atomic mass is 9.69. The normalized spacial score (nSPS) is 17.6. The number of hydrogen-bond acceptors (Lipinski definition) is 8. The third kappa shape index (κ3) is 5.11. The van der Waals surface area contributed by atoms with Gasteiger partial charge in [0, 0.05) is 11.2 Å². The number of thioether (sulfide) groups is 1. The number of carbonyl (C=O) groups is 2. The zero-order valence-electron chi connectivity index (χ0n) is 21.4. The predicted molar refractivity (Wildman–Crippen MR) is 136 cm³/mol. The maximum atomic E-state index is 12.0. The number of ether oxygens (including phenoxy) is 2. The zero-order chi connectivity index (χ0) is 26.4. The molecule has 1 aliphatic heterocycles. The molecule has 2 amide bonds. The Hall–Kier alpha value is -3.34. The zero-order valence-corrected chi connectivity index (χ0v) is 22.3. The summed E-state index contributed by atoms with van der Waals surface area (Å²) < 4.78 is 12.2. The number of benzene rings is 1. The molecule has 3 heterocycles. The number of amides is 2. The van der Waals surface area contributed by atoms with Gasteiger partial charge in [0.05, 0.1) is 24.7 Å². The average Bonchev–Trinajstić information content (AvgIpc) is 3.10. The number of methoxy groups -OCH3 is 1. The van der Waals surface area contributed by atoms with Gasteiger partial charge in [0.1, 0.15) is 10.8 Å². The van der Waals surface area contributed by atoms with Crippen LogP contribution in [0, 0.1) is 10.8 Å². The van der Waals surface area contributed by atoms with E-state index in [-0.39, 0.29) is 28.0 Å². The van der Waals surface area contributed by atoms with Crippen molar-refractivity contribution in [3.63, 3.8) is 0 Å². The number of rotatable bonds is 4. The SMILES string of the molecule is COc1ccc(Cn2nc3c4c(nc(OC(=O)NC(=O)O)nc42)SC(C(C)(C)C)C3C(C)(C)C)cc1. The predicted octanol–water partition coefficient (Wildman–Crippen LogP) is 5.30. The van der Waals surface area contributed by atoms with Gasteiger partial charge in [-0.15, -0.1) is 11.8 Å². The molecule has 0 aliphatic carbocycles. The van der Waals surface area contributed by atoms with Crippen molar-refractivity contribution >= 4 is 35.0 Å². The van der Waals surface area contributed by atoms with E-state index in [1.54, 1.807) is 28.9 Å². The van der Waals surface area contributed by atoms with Crippen LogP contribution in [0.25, 0.3) is 11.0 Å². The van der Waals surface area contributed by atoms with Crippen molar-refractivity contribution in [2.24, 2.45) is 10.8 Å². The second kappa shape index (κ2) is 9.27. The molecular weight excluding hydrogens is 482 g/mol. The Morgan fingerprint density at radius 2 is 1.75 bits per heavy atom. The molecule has 0 saturated carbocycles. The first-order chi connectivity index (χ1) is 16.8. The number of carboxylic acid groups (broad SMARTS) is 1. The van der Waals surface area contributed by atoms with Crippen LogP contribution in [0.1, 0.15) is 58.7 Å². The highest BCUT2D eigenvalue weighted by Crippen LogP contribution is 2.56. The minimum Gasteiger partial charge on any atom is -0.497 e. The van der Waals surface area contributed by atoms with E-state index < -0.39 is 12.2 Å². The summed E-state index contributed by atoms with van der Waals surface area (Å²) in [6, 6.07) is 7.45. The number of aromatic nitrogens is 4. The van der Waals surface area contributed by atoms with E-state index in [1.165, 1.54) is 0 Å². The lowest BCUT2D eigenvalue weighted by Gasteiger charge is -2.44. The van der Waals surface area contributed by atoms with E-state index in [0.29, 0.717) is 17.2 Å². The Morgan fingerprint density at radius 3 is 2.31 bits per heavy atom. The van der Waals surface area contributed by atoms with Crippen LogP contribution >= 0.6 is 11.8 Å². The van der Waals surface area contributed by atoms with Crippen molar-refractivity contribution in [1.82, 2.24) is 25.1 Å². The highest BCUT2D eigenvalue weighted by atomic mass is 32.2. The molecule has 36 heavy (non-hydrogen) atoms. The number of nitrogens with zero attached hydrogens (tertiary/aromatic N) is 4. The Kier molecular flexibility index (Phi) is 6.63. The van der Waals surface area contributed by atoms with Gasteiger partial charge in [0.2, 0.25) is 0 Å². The van der Waals surface area contributed by atoms with Crippen LogP contribution < -0.4 is 14.8 Å². The summed E-state index contributed by atoms with van der Waals surface area (Å²) >= 11 is 1.62. The summed E-state index contributed by atoms with van der Waals surface area (Å²) in [5.74, 6) is 0.866. The van der Waals surface area contributed by atoms with Crippen LogP contribution in [-0.2, 0) is 6.54 Å². The van der Waals surface area contributed by atoms with Crippen molar-refractivity contribution < 1.29 is 24.2 Å². The van der Waals surface area contributed by atoms with E-state index in [1.807, 2.05) is 24.3 Å². The fourth-order valence-corrected chi connectivity index (χ4v) is 6.19. The average molecular weight is 514 g/mol. The van der Waals surface area contributed by atoms with Crippen molar-refractivity contribution in [3.8, 4) is 11.8 Å². The molecule has 192 valence electrons. The standard InChI is InChI=1S/C25H31N5O5S/c1-24(2,3)16-17-15-19(30(29-17)12-13-8-10-14(34-7)11-9-13)26-21(35-23(33)28-22(31)32)27-20(15)36-18(16)25(4,5)6/h8-11,16,18H,12H2,1-7H3,(H,28,33)(H,31,32). The Balaban J connectivity index is 1.88. The molecule has 2 atom stereocenters. The molecule has 0 saturated heterocycles.